The molecule has 3 N–H and O–H groups in total. The van der Waals surface area contributed by atoms with Crippen LogP contribution in [0.25, 0.3) is 10.9 Å². The van der Waals surface area contributed by atoms with Crippen molar-refractivity contribution in [3.05, 3.63) is 34.5 Å². The summed E-state index contributed by atoms with van der Waals surface area (Å²) < 4.78 is 0. The number of hydrogen-bond acceptors (Lipinski definition) is 3. The largest absolute Gasteiger partial charge is 0.480 e. The zero-order valence-electron chi connectivity index (χ0n) is 11.6. The zero-order chi connectivity index (χ0) is 15.1. The van der Waals surface area contributed by atoms with Gasteiger partial charge in [-0.25, -0.2) is 0 Å². The Morgan fingerprint density at radius 3 is 2.95 bits per heavy atom. The molecule has 0 amide bonds. The highest BCUT2D eigenvalue weighted by Gasteiger charge is 2.36. The topological polar surface area (TPSA) is 76.6 Å². The Morgan fingerprint density at radius 1 is 1.52 bits per heavy atom. The molecule has 0 spiro atoms. The monoisotopic (exact) mass is 308 g/mol. The summed E-state index contributed by atoms with van der Waals surface area (Å²) in [6, 6.07) is 5.07. The lowest BCUT2D eigenvalue weighted by Gasteiger charge is -2.20. The van der Waals surface area contributed by atoms with Gasteiger partial charge in [-0.2, -0.15) is 0 Å². The molecule has 1 fully saturated rings. The maximum atomic E-state index is 11.3. The van der Waals surface area contributed by atoms with E-state index in [0.717, 1.165) is 22.2 Å². The number of aromatic nitrogens is 1. The average molecular weight is 309 g/mol. The van der Waals surface area contributed by atoms with Gasteiger partial charge in [0.2, 0.25) is 0 Å². The van der Waals surface area contributed by atoms with Crippen molar-refractivity contribution in [3.63, 3.8) is 0 Å². The minimum atomic E-state index is -0.890. The summed E-state index contributed by atoms with van der Waals surface area (Å²) in [6.07, 6.45) is -0.311. The van der Waals surface area contributed by atoms with Crippen molar-refractivity contribution in [3.8, 4) is 0 Å². The normalized spacial score (nSPS) is 23.0. The molecule has 5 nitrogen and oxygen atoms in total. The first kappa shape index (κ1) is 14.4. The molecule has 2 aromatic rings. The van der Waals surface area contributed by atoms with Crippen LogP contribution in [0, 0.1) is 6.92 Å². The standard InChI is InChI=1S/C15H17ClN2O3/c1-8-10-3-2-4-11(16)14(10)17-12(8)7-18-6-9(19)5-13(18)15(20)21/h2-4,9,13,17,19H,5-7H2,1H3,(H,20,21)/t9-,13+/m1/s1. The molecular weight excluding hydrogens is 292 g/mol. The van der Waals surface area contributed by atoms with Crippen LogP contribution in [0.15, 0.2) is 18.2 Å². The van der Waals surface area contributed by atoms with Gasteiger partial charge in [0.15, 0.2) is 0 Å². The van der Waals surface area contributed by atoms with Gasteiger partial charge < -0.3 is 15.2 Å². The van der Waals surface area contributed by atoms with Crippen LogP contribution in [-0.2, 0) is 11.3 Å². The molecule has 0 bridgehead atoms. The van der Waals surface area contributed by atoms with Gasteiger partial charge >= 0.3 is 5.97 Å². The van der Waals surface area contributed by atoms with Crippen molar-refractivity contribution < 1.29 is 15.0 Å². The highest BCUT2D eigenvalue weighted by molar-refractivity contribution is 6.35. The van der Waals surface area contributed by atoms with Crippen LogP contribution in [-0.4, -0.2) is 44.8 Å². The Hall–Kier alpha value is -1.56. The summed E-state index contributed by atoms with van der Waals surface area (Å²) in [5.74, 6) is -0.890. The Morgan fingerprint density at radius 2 is 2.29 bits per heavy atom. The number of para-hydroxylation sites is 1. The van der Waals surface area contributed by atoms with Gasteiger partial charge in [-0.05, 0) is 18.6 Å². The fourth-order valence-corrected chi connectivity index (χ4v) is 3.26. The third-order valence-electron chi connectivity index (χ3n) is 4.17. The first-order valence-corrected chi connectivity index (χ1v) is 7.25. The van der Waals surface area contributed by atoms with Crippen LogP contribution in [0.4, 0.5) is 0 Å². The molecule has 2 atom stereocenters. The molecule has 0 saturated carbocycles. The number of rotatable bonds is 3. The van der Waals surface area contributed by atoms with Crippen molar-refractivity contribution in [2.24, 2.45) is 0 Å². The Balaban J connectivity index is 1.93. The predicted octanol–water partition coefficient (Wildman–Crippen LogP) is 2.15. The maximum absolute atomic E-state index is 11.3. The molecule has 6 heteroatoms. The first-order valence-electron chi connectivity index (χ1n) is 6.88. The minimum absolute atomic E-state index is 0.273. The summed E-state index contributed by atoms with van der Waals surface area (Å²) in [7, 11) is 0. The molecule has 1 aromatic heterocycles. The Labute approximate surface area is 127 Å². The summed E-state index contributed by atoms with van der Waals surface area (Å²) in [5, 5.41) is 20.7. The molecule has 0 unspecified atom stereocenters. The fourth-order valence-electron chi connectivity index (χ4n) is 3.04. The van der Waals surface area contributed by atoms with Crippen LogP contribution < -0.4 is 0 Å². The van der Waals surface area contributed by atoms with Crippen LogP contribution in [0.1, 0.15) is 17.7 Å². The second-order valence-corrected chi connectivity index (χ2v) is 5.97. The van der Waals surface area contributed by atoms with Crippen molar-refractivity contribution in [2.75, 3.05) is 6.54 Å². The highest BCUT2D eigenvalue weighted by Crippen LogP contribution is 2.29. The molecule has 0 aliphatic carbocycles. The summed E-state index contributed by atoms with van der Waals surface area (Å²) >= 11 is 6.18. The molecule has 1 aromatic carbocycles. The fraction of sp³-hybridized carbons (Fsp3) is 0.400. The van der Waals surface area contributed by atoms with Gasteiger partial charge in [-0.1, -0.05) is 23.7 Å². The van der Waals surface area contributed by atoms with E-state index in [9.17, 15) is 15.0 Å². The van der Waals surface area contributed by atoms with Crippen molar-refractivity contribution >= 4 is 28.5 Å². The molecule has 1 aliphatic rings. The number of aromatic amines is 1. The van der Waals surface area contributed by atoms with E-state index in [-0.39, 0.29) is 6.42 Å². The Bertz CT molecular complexity index is 698. The van der Waals surface area contributed by atoms with E-state index in [4.69, 9.17) is 11.6 Å². The lowest BCUT2D eigenvalue weighted by atomic mass is 10.1. The number of aliphatic hydroxyl groups is 1. The number of benzene rings is 1. The molecule has 21 heavy (non-hydrogen) atoms. The van der Waals surface area contributed by atoms with E-state index in [1.807, 2.05) is 25.1 Å². The molecule has 3 rings (SSSR count). The second kappa shape index (κ2) is 5.33. The second-order valence-electron chi connectivity index (χ2n) is 5.56. The predicted molar refractivity (Wildman–Crippen MR) is 80.5 cm³/mol. The number of likely N-dealkylation sites (tertiary alicyclic amines) is 1. The molecule has 112 valence electrons. The van der Waals surface area contributed by atoms with E-state index in [0.29, 0.717) is 18.1 Å². The number of halogens is 1. The summed E-state index contributed by atoms with van der Waals surface area (Å²) in [5.41, 5.74) is 2.88. The number of aliphatic hydroxyl groups excluding tert-OH is 1. The number of nitrogens with zero attached hydrogens (tertiary/aromatic N) is 1. The van der Waals surface area contributed by atoms with Crippen LogP contribution >= 0.6 is 11.6 Å². The van der Waals surface area contributed by atoms with E-state index in [2.05, 4.69) is 4.98 Å². The smallest absolute Gasteiger partial charge is 0.321 e. The van der Waals surface area contributed by atoms with Gasteiger partial charge in [-0.15, -0.1) is 0 Å². The lowest BCUT2D eigenvalue weighted by molar-refractivity contribution is -0.142. The van der Waals surface area contributed by atoms with E-state index >= 15 is 0 Å². The highest BCUT2D eigenvalue weighted by atomic mass is 35.5. The number of carboxylic acids is 1. The number of aryl methyl sites for hydroxylation is 1. The van der Waals surface area contributed by atoms with E-state index in [1.54, 1.807) is 4.90 Å². The van der Waals surface area contributed by atoms with Gasteiger partial charge in [0.05, 0.1) is 16.6 Å². The number of hydrogen-bond donors (Lipinski definition) is 3. The van der Waals surface area contributed by atoms with Crippen molar-refractivity contribution in [2.45, 2.75) is 32.0 Å². The average Bonchev–Trinajstić information content (AvgIpc) is 2.94. The molecular formula is C15H17ClN2O3. The van der Waals surface area contributed by atoms with Crippen molar-refractivity contribution in [1.82, 2.24) is 9.88 Å². The SMILES string of the molecule is Cc1c(CN2C[C@H](O)C[C@H]2C(=O)O)[nH]c2c(Cl)cccc12. The first-order chi connectivity index (χ1) is 9.97. The van der Waals surface area contributed by atoms with Gasteiger partial charge in [0.25, 0.3) is 0 Å². The number of aliphatic carboxylic acids is 1. The Kier molecular flexibility index (Phi) is 3.65. The summed E-state index contributed by atoms with van der Waals surface area (Å²) in [4.78, 5) is 16.4. The zero-order valence-corrected chi connectivity index (χ0v) is 12.4. The maximum Gasteiger partial charge on any atom is 0.321 e. The number of H-pyrrole nitrogens is 1. The lowest BCUT2D eigenvalue weighted by Crippen LogP contribution is -2.35. The number of carboxylic acid groups (broad SMARTS) is 1. The number of β-amino-alcohol motifs (C(OH)–C–C–N with tert-alkyl or cyclic N) is 1. The minimum Gasteiger partial charge on any atom is -0.480 e. The van der Waals surface area contributed by atoms with Crippen LogP contribution in [0.2, 0.25) is 5.02 Å². The third kappa shape index (κ3) is 2.52. The van der Waals surface area contributed by atoms with Gasteiger partial charge in [-0.3, -0.25) is 9.69 Å². The number of nitrogens with one attached hydrogen (secondary N) is 1. The van der Waals surface area contributed by atoms with E-state index < -0.39 is 18.1 Å². The number of carbonyl (C=O) groups is 1. The van der Waals surface area contributed by atoms with E-state index in [1.165, 1.54) is 0 Å². The molecule has 0 radical (unpaired) electrons. The van der Waals surface area contributed by atoms with Gasteiger partial charge in [0, 0.05) is 30.6 Å². The van der Waals surface area contributed by atoms with Crippen molar-refractivity contribution in [1.29, 1.82) is 0 Å². The number of fused-ring (bicyclic) bond motifs is 1. The van der Waals surface area contributed by atoms with Gasteiger partial charge in [0.1, 0.15) is 6.04 Å². The molecule has 1 saturated heterocycles. The van der Waals surface area contributed by atoms with Crippen LogP contribution in [0.5, 0.6) is 0 Å². The molecule has 1 aliphatic heterocycles. The molecule has 2 heterocycles. The third-order valence-corrected chi connectivity index (χ3v) is 4.49. The quantitative estimate of drug-likeness (QED) is 0.812. The van der Waals surface area contributed by atoms with Crippen LogP contribution in [0.3, 0.4) is 0 Å². The summed E-state index contributed by atoms with van der Waals surface area (Å²) in [6.45, 7) is 2.83.